The van der Waals surface area contributed by atoms with Crippen molar-refractivity contribution in [1.82, 2.24) is 15.1 Å². The molecule has 2 saturated carbocycles. The summed E-state index contributed by atoms with van der Waals surface area (Å²) in [5.41, 5.74) is 0.665. The molecule has 3 atom stereocenters. The number of nitrogens with one attached hydrogen (secondary N) is 1. The van der Waals surface area contributed by atoms with Gasteiger partial charge in [0.05, 0.1) is 0 Å². The van der Waals surface area contributed by atoms with Crippen LogP contribution in [0.15, 0.2) is 27.6 Å². The largest absolute Gasteiger partial charge is 0.339 e. The minimum atomic E-state index is -0.124. The van der Waals surface area contributed by atoms with E-state index in [1.54, 1.807) is 12.3 Å². The Labute approximate surface area is 110 Å². The van der Waals surface area contributed by atoms with Crippen LogP contribution in [0, 0.1) is 11.8 Å². The molecular weight excluding hydrogens is 242 g/mol. The Morgan fingerprint density at radius 1 is 1.26 bits per heavy atom. The van der Waals surface area contributed by atoms with Crippen molar-refractivity contribution in [2.24, 2.45) is 11.8 Å². The minimum Gasteiger partial charge on any atom is -0.339 e. The number of nitrogens with zero attached hydrogens (tertiary/aromatic N) is 2. The molecule has 0 unspecified atom stereocenters. The summed E-state index contributed by atoms with van der Waals surface area (Å²) in [7, 11) is 0. The van der Waals surface area contributed by atoms with Gasteiger partial charge in [-0.25, -0.2) is 0 Å². The van der Waals surface area contributed by atoms with E-state index in [0.29, 0.717) is 11.7 Å². The first-order valence-electron chi connectivity index (χ1n) is 6.82. The Hall–Kier alpha value is -1.91. The Morgan fingerprint density at radius 3 is 2.89 bits per heavy atom. The van der Waals surface area contributed by atoms with Gasteiger partial charge in [0.2, 0.25) is 17.3 Å². The summed E-state index contributed by atoms with van der Waals surface area (Å²) < 4.78 is 5.43. The number of aromatic amines is 1. The highest BCUT2D eigenvalue weighted by Crippen LogP contribution is 2.52. The van der Waals surface area contributed by atoms with Crippen LogP contribution in [0.2, 0.25) is 0 Å². The van der Waals surface area contributed by atoms with Crippen LogP contribution in [0.25, 0.3) is 11.4 Å². The van der Waals surface area contributed by atoms with E-state index in [-0.39, 0.29) is 5.56 Å². The number of fused-ring (bicyclic) bond motifs is 2. The fourth-order valence-electron chi connectivity index (χ4n) is 3.60. The van der Waals surface area contributed by atoms with Crippen molar-refractivity contribution in [3.05, 3.63) is 34.6 Å². The van der Waals surface area contributed by atoms with Gasteiger partial charge in [0.1, 0.15) is 0 Å². The fraction of sp³-hybridized carbons (Fsp3) is 0.500. The van der Waals surface area contributed by atoms with Crippen LogP contribution in [-0.2, 0) is 0 Å². The summed E-state index contributed by atoms with van der Waals surface area (Å²) in [6.07, 6.45) is 6.80. The zero-order valence-electron chi connectivity index (χ0n) is 10.5. The standard InChI is InChI=1S/C14H15N3O2/c18-12-4-3-10(7-15-12)13-16-14(19-17-13)11-6-8-1-2-9(11)5-8/h3-4,7-9,11H,1-2,5-6H2,(H,15,18)/t8-,9-,11+/m0/s1. The monoisotopic (exact) mass is 257 g/mol. The molecule has 4 rings (SSSR count). The van der Waals surface area contributed by atoms with E-state index >= 15 is 0 Å². The number of hydrogen-bond acceptors (Lipinski definition) is 4. The van der Waals surface area contributed by atoms with Gasteiger partial charge in [0.15, 0.2) is 0 Å². The molecule has 0 aliphatic heterocycles. The predicted molar refractivity (Wildman–Crippen MR) is 68.5 cm³/mol. The van der Waals surface area contributed by atoms with Gasteiger partial charge in [-0.2, -0.15) is 4.98 Å². The second-order valence-corrected chi connectivity index (χ2v) is 5.68. The van der Waals surface area contributed by atoms with Crippen LogP contribution in [0.3, 0.4) is 0 Å². The Bertz CT molecular complexity index is 640. The van der Waals surface area contributed by atoms with Gasteiger partial charge in [0, 0.05) is 23.7 Å². The number of aromatic nitrogens is 3. The zero-order chi connectivity index (χ0) is 12.8. The van der Waals surface area contributed by atoms with Crippen molar-refractivity contribution in [3.8, 4) is 11.4 Å². The van der Waals surface area contributed by atoms with Crippen LogP contribution in [0.5, 0.6) is 0 Å². The Kier molecular flexibility index (Phi) is 2.33. The average molecular weight is 257 g/mol. The molecule has 0 radical (unpaired) electrons. The molecule has 2 aromatic rings. The van der Waals surface area contributed by atoms with E-state index < -0.39 is 0 Å². The predicted octanol–water partition coefficient (Wildman–Crippen LogP) is 2.33. The molecule has 0 spiro atoms. The number of rotatable bonds is 2. The molecule has 2 aromatic heterocycles. The summed E-state index contributed by atoms with van der Waals surface area (Å²) in [4.78, 5) is 18.2. The van der Waals surface area contributed by atoms with Gasteiger partial charge in [0.25, 0.3) is 0 Å². The number of hydrogen-bond donors (Lipinski definition) is 1. The smallest absolute Gasteiger partial charge is 0.247 e. The maximum absolute atomic E-state index is 11.0. The summed E-state index contributed by atoms with van der Waals surface area (Å²) in [6, 6.07) is 3.19. The molecule has 2 bridgehead atoms. The number of pyridine rings is 1. The van der Waals surface area contributed by atoms with Crippen molar-refractivity contribution in [2.75, 3.05) is 0 Å². The Balaban J connectivity index is 1.63. The lowest BCUT2D eigenvalue weighted by Gasteiger charge is -2.16. The molecule has 2 fully saturated rings. The van der Waals surface area contributed by atoms with E-state index in [4.69, 9.17) is 4.52 Å². The van der Waals surface area contributed by atoms with Crippen molar-refractivity contribution in [3.63, 3.8) is 0 Å². The van der Waals surface area contributed by atoms with Gasteiger partial charge in [-0.05, 0) is 37.2 Å². The second kappa shape index (κ2) is 4.05. The fourth-order valence-corrected chi connectivity index (χ4v) is 3.60. The van der Waals surface area contributed by atoms with Crippen LogP contribution >= 0.6 is 0 Å². The SMILES string of the molecule is O=c1ccc(-c2noc([C@@H]3C[C@H]4CC[C@H]3C4)n2)c[nH]1. The first-order valence-corrected chi connectivity index (χ1v) is 6.82. The highest BCUT2D eigenvalue weighted by molar-refractivity contribution is 5.51. The summed E-state index contributed by atoms with van der Waals surface area (Å²) in [5.74, 6) is 3.37. The molecule has 98 valence electrons. The lowest BCUT2D eigenvalue weighted by molar-refractivity contribution is 0.302. The topological polar surface area (TPSA) is 71.8 Å². The third-order valence-electron chi connectivity index (χ3n) is 4.54. The van der Waals surface area contributed by atoms with Gasteiger partial charge in [-0.15, -0.1) is 0 Å². The quantitative estimate of drug-likeness (QED) is 0.896. The van der Waals surface area contributed by atoms with E-state index in [2.05, 4.69) is 15.1 Å². The molecular formula is C14H15N3O2. The molecule has 2 aliphatic carbocycles. The van der Waals surface area contributed by atoms with Gasteiger partial charge >= 0.3 is 0 Å². The molecule has 1 N–H and O–H groups in total. The minimum absolute atomic E-state index is 0.124. The molecule has 5 heteroatoms. The molecule has 0 aromatic carbocycles. The van der Waals surface area contributed by atoms with Crippen molar-refractivity contribution in [2.45, 2.75) is 31.6 Å². The summed E-state index contributed by atoms with van der Waals surface area (Å²) in [5, 5.41) is 4.04. The van der Waals surface area contributed by atoms with Crippen molar-refractivity contribution < 1.29 is 4.52 Å². The van der Waals surface area contributed by atoms with E-state index in [1.165, 1.54) is 31.7 Å². The lowest BCUT2D eigenvalue weighted by Crippen LogP contribution is -2.08. The van der Waals surface area contributed by atoms with Gasteiger partial charge < -0.3 is 9.51 Å². The molecule has 0 saturated heterocycles. The molecule has 19 heavy (non-hydrogen) atoms. The Morgan fingerprint density at radius 2 is 2.21 bits per heavy atom. The second-order valence-electron chi connectivity index (χ2n) is 5.68. The highest BCUT2D eigenvalue weighted by atomic mass is 16.5. The van der Waals surface area contributed by atoms with E-state index in [1.807, 2.05) is 0 Å². The molecule has 2 heterocycles. The molecule has 5 nitrogen and oxygen atoms in total. The average Bonchev–Trinajstić information content (AvgIpc) is 3.15. The maximum atomic E-state index is 11.0. The van der Waals surface area contributed by atoms with Crippen LogP contribution < -0.4 is 5.56 Å². The third kappa shape index (κ3) is 1.80. The van der Waals surface area contributed by atoms with Crippen molar-refractivity contribution >= 4 is 0 Å². The molecule has 2 aliphatic rings. The third-order valence-corrected chi connectivity index (χ3v) is 4.54. The van der Waals surface area contributed by atoms with Crippen LogP contribution in [0.1, 0.15) is 37.5 Å². The number of H-pyrrole nitrogens is 1. The first-order chi connectivity index (χ1) is 9.29. The van der Waals surface area contributed by atoms with Gasteiger partial charge in [-0.3, -0.25) is 4.79 Å². The van der Waals surface area contributed by atoms with E-state index in [9.17, 15) is 4.79 Å². The summed E-state index contributed by atoms with van der Waals surface area (Å²) >= 11 is 0. The zero-order valence-corrected chi connectivity index (χ0v) is 10.5. The van der Waals surface area contributed by atoms with E-state index in [0.717, 1.165) is 23.3 Å². The summed E-state index contributed by atoms with van der Waals surface area (Å²) in [6.45, 7) is 0. The van der Waals surface area contributed by atoms with Crippen molar-refractivity contribution in [1.29, 1.82) is 0 Å². The maximum Gasteiger partial charge on any atom is 0.247 e. The normalized spacial score (nSPS) is 28.9. The van der Waals surface area contributed by atoms with Crippen LogP contribution in [-0.4, -0.2) is 15.1 Å². The van der Waals surface area contributed by atoms with Crippen LogP contribution in [0.4, 0.5) is 0 Å². The van der Waals surface area contributed by atoms with Gasteiger partial charge in [-0.1, -0.05) is 11.6 Å². The lowest BCUT2D eigenvalue weighted by atomic mass is 9.89. The molecule has 0 amide bonds. The first kappa shape index (κ1) is 11.0. The highest BCUT2D eigenvalue weighted by Gasteiger charge is 2.42.